The molecule has 174 valence electrons. The van der Waals surface area contributed by atoms with E-state index in [-0.39, 0.29) is 94.4 Å². The average molecular weight is 502 g/mol. The summed E-state index contributed by atoms with van der Waals surface area (Å²) in [4.78, 5) is 33.6. The largest absolute Gasteiger partial charge is 1.00 e. The topological polar surface area (TPSA) is 132 Å². The van der Waals surface area contributed by atoms with E-state index < -0.39 is 34.6 Å². The summed E-state index contributed by atoms with van der Waals surface area (Å²) in [5, 5.41) is 36.5. The molecule has 1 N–H and O–H groups in total. The summed E-state index contributed by atoms with van der Waals surface area (Å²) in [5.74, 6) is -5.47. The fourth-order valence-electron chi connectivity index (χ4n) is 3.66. The van der Waals surface area contributed by atoms with E-state index in [4.69, 9.17) is 0 Å². The number of nitrogens with one attached hydrogen (secondary N) is 1. The minimum Gasteiger partial charge on any atom is -0.545 e. The number of aromatic carboxylic acids is 3. The van der Waals surface area contributed by atoms with Crippen molar-refractivity contribution in [2.45, 2.75) is 90.4 Å². The second-order valence-corrected chi connectivity index (χ2v) is 7.98. The SMILES string of the molecule is CCCCCCCCCCCCCCCNc1cc(C(=O)[O-])c(C(=O)[O-])c(C(=O)[O-])c1.[Na+].[Na+].[Na+]. The van der Waals surface area contributed by atoms with Gasteiger partial charge in [-0.2, -0.15) is 0 Å². The quantitative estimate of drug-likeness (QED) is 0.156. The van der Waals surface area contributed by atoms with Crippen molar-refractivity contribution < 1.29 is 118 Å². The molecule has 0 heterocycles. The van der Waals surface area contributed by atoms with Gasteiger partial charge in [0, 0.05) is 28.9 Å². The molecular formula is C24H34NNa3O6. The second kappa shape index (κ2) is 23.8. The molecule has 0 fully saturated rings. The van der Waals surface area contributed by atoms with Gasteiger partial charge in [0.1, 0.15) is 0 Å². The van der Waals surface area contributed by atoms with Gasteiger partial charge in [-0.25, -0.2) is 0 Å². The van der Waals surface area contributed by atoms with Gasteiger partial charge >= 0.3 is 88.7 Å². The van der Waals surface area contributed by atoms with Gasteiger partial charge in [0.25, 0.3) is 0 Å². The molecule has 0 aliphatic rings. The first kappa shape index (κ1) is 39.0. The molecule has 0 unspecified atom stereocenters. The standard InChI is InChI=1S/C24H37NO6.3Na/c1-2-3-4-5-6-7-8-9-10-11-12-13-14-15-25-18-16-19(22(26)27)21(24(30)31)20(17-18)23(28)29;;;/h16-17,25H,2-15H2,1H3,(H,26,27)(H,28,29)(H,30,31);;;/q;3*+1/p-3. The number of carbonyl (C=O) groups excluding carboxylic acids is 3. The predicted octanol–water partition coefficient (Wildman–Crippen LogP) is -6.71. The van der Waals surface area contributed by atoms with Gasteiger partial charge in [-0.05, 0) is 18.6 Å². The Balaban J connectivity index is -0.00000320. The summed E-state index contributed by atoms with van der Waals surface area (Å²) in [6, 6.07) is 2.10. The minimum absolute atomic E-state index is 0. The molecule has 0 radical (unpaired) electrons. The zero-order chi connectivity index (χ0) is 23.1. The van der Waals surface area contributed by atoms with E-state index in [0.717, 1.165) is 31.4 Å². The summed E-state index contributed by atoms with van der Waals surface area (Å²) in [6.45, 7) is 2.74. The number of hydrogen-bond acceptors (Lipinski definition) is 7. The van der Waals surface area contributed by atoms with Crippen LogP contribution < -0.4 is 109 Å². The number of carboxylic acids is 3. The van der Waals surface area contributed by atoms with Crippen LogP contribution in [-0.4, -0.2) is 24.5 Å². The van der Waals surface area contributed by atoms with Crippen molar-refractivity contribution in [1.29, 1.82) is 0 Å². The summed E-state index contributed by atoms with van der Waals surface area (Å²) in [6.07, 6.45) is 15.9. The monoisotopic (exact) mass is 501 g/mol. The molecule has 0 spiro atoms. The third-order valence-electron chi connectivity index (χ3n) is 5.39. The first-order valence-electron chi connectivity index (χ1n) is 11.4. The summed E-state index contributed by atoms with van der Waals surface area (Å²) < 4.78 is 0. The van der Waals surface area contributed by atoms with Crippen molar-refractivity contribution in [1.82, 2.24) is 0 Å². The zero-order valence-corrected chi connectivity index (χ0v) is 27.5. The van der Waals surface area contributed by atoms with Crippen LogP contribution in [0, 0.1) is 0 Å². The van der Waals surface area contributed by atoms with Crippen molar-refractivity contribution >= 4 is 23.6 Å². The molecule has 7 nitrogen and oxygen atoms in total. The molecule has 0 bridgehead atoms. The predicted molar refractivity (Wildman–Crippen MR) is 114 cm³/mol. The van der Waals surface area contributed by atoms with Gasteiger partial charge < -0.3 is 35.0 Å². The number of hydrogen-bond donors (Lipinski definition) is 1. The van der Waals surface area contributed by atoms with Crippen LogP contribution in [0.5, 0.6) is 0 Å². The van der Waals surface area contributed by atoms with Gasteiger partial charge in [0.05, 0.1) is 17.9 Å². The first-order chi connectivity index (χ1) is 14.9. The van der Waals surface area contributed by atoms with E-state index in [1.165, 1.54) is 64.2 Å². The Morgan fingerprint density at radius 2 is 0.971 bits per heavy atom. The molecule has 1 aromatic rings. The van der Waals surface area contributed by atoms with E-state index >= 15 is 0 Å². The maximum Gasteiger partial charge on any atom is 1.00 e. The van der Waals surface area contributed by atoms with Crippen molar-refractivity contribution in [3.8, 4) is 0 Å². The Kier molecular flexibility index (Phi) is 27.3. The molecule has 0 saturated carbocycles. The first-order valence-corrected chi connectivity index (χ1v) is 11.4. The summed E-state index contributed by atoms with van der Waals surface area (Å²) in [5.41, 5.74) is -2.22. The second-order valence-electron chi connectivity index (χ2n) is 7.98. The van der Waals surface area contributed by atoms with E-state index in [1.807, 2.05) is 0 Å². The van der Waals surface area contributed by atoms with Gasteiger partial charge in [-0.15, -0.1) is 0 Å². The van der Waals surface area contributed by atoms with E-state index in [0.29, 0.717) is 6.54 Å². The van der Waals surface area contributed by atoms with Gasteiger partial charge in [0.15, 0.2) is 0 Å². The summed E-state index contributed by atoms with van der Waals surface area (Å²) in [7, 11) is 0. The fraction of sp³-hybridized carbons (Fsp3) is 0.625. The number of anilines is 1. The normalized spacial score (nSPS) is 9.79. The average Bonchev–Trinajstić information content (AvgIpc) is 2.73. The van der Waals surface area contributed by atoms with Crippen LogP contribution in [0.3, 0.4) is 0 Å². The zero-order valence-electron chi connectivity index (χ0n) is 21.5. The van der Waals surface area contributed by atoms with E-state index in [9.17, 15) is 29.7 Å². The molecule has 0 saturated heterocycles. The molecule has 0 aromatic heterocycles. The Labute approximate surface area is 270 Å². The van der Waals surface area contributed by atoms with Crippen LogP contribution in [-0.2, 0) is 0 Å². The molecule has 1 aromatic carbocycles. The van der Waals surface area contributed by atoms with Gasteiger partial charge in [-0.1, -0.05) is 84.0 Å². The fourth-order valence-corrected chi connectivity index (χ4v) is 3.66. The van der Waals surface area contributed by atoms with Crippen LogP contribution >= 0.6 is 0 Å². The van der Waals surface area contributed by atoms with Crippen molar-refractivity contribution in [2.24, 2.45) is 0 Å². The molecule has 0 atom stereocenters. The molecule has 10 heteroatoms. The van der Waals surface area contributed by atoms with Gasteiger partial charge in [-0.3, -0.25) is 0 Å². The third kappa shape index (κ3) is 16.2. The molecule has 0 aliphatic carbocycles. The van der Waals surface area contributed by atoms with Crippen LogP contribution in [0.25, 0.3) is 0 Å². The summed E-state index contributed by atoms with van der Waals surface area (Å²) >= 11 is 0. The minimum atomic E-state index is -1.90. The van der Waals surface area contributed by atoms with Crippen LogP contribution in [0.4, 0.5) is 5.69 Å². The number of unbranched alkanes of at least 4 members (excludes halogenated alkanes) is 12. The Morgan fingerprint density at radius 3 is 1.29 bits per heavy atom. The van der Waals surface area contributed by atoms with Crippen LogP contribution in [0.2, 0.25) is 0 Å². The number of carbonyl (C=O) groups is 3. The van der Waals surface area contributed by atoms with Crippen molar-refractivity contribution in [2.75, 3.05) is 11.9 Å². The molecule has 1 rings (SSSR count). The Bertz CT molecular complexity index is 696. The maximum absolute atomic E-state index is 11.2. The van der Waals surface area contributed by atoms with Crippen molar-refractivity contribution in [3.05, 3.63) is 28.8 Å². The van der Waals surface area contributed by atoms with Crippen molar-refractivity contribution in [3.63, 3.8) is 0 Å². The van der Waals surface area contributed by atoms with Crippen LogP contribution in [0.1, 0.15) is 121 Å². The molecule has 34 heavy (non-hydrogen) atoms. The number of rotatable bonds is 18. The van der Waals surface area contributed by atoms with E-state index in [1.54, 1.807) is 0 Å². The maximum atomic E-state index is 11.2. The molecule has 0 aliphatic heterocycles. The Hall–Kier alpha value is 0.430. The third-order valence-corrected chi connectivity index (χ3v) is 5.39. The van der Waals surface area contributed by atoms with Crippen LogP contribution in [0.15, 0.2) is 12.1 Å². The van der Waals surface area contributed by atoms with Gasteiger partial charge in [0.2, 0.25) is 0 Å². The smallest absolute Gasteiger partial charge is 0.545 e. The number of benzene rings is 1. The number of carboxylic acid groups (broad SMARTS) is 3. The Morgan fingerprint density at radius 1 is 0.618 bits per heavy atom. The van der Waals surface area contributed by atoms with E-state index in [2.05, 4.69) is 12.2 Å². The molecular weight excluding hydrogens is 467 g/mol. The molecule has 0 amide bonds.